The molecule has 1 N–H and O–H groups in total. The molecule has 1 saturated heterocycles. The van der Waals surface area contributed by atoms with Crippen LogP contribution in [0.2, 0.25) is 0 Å². The van der Waals surface area contributed by atoms with Crippen LogP contribution in [0.25, 0.3) is 0 Å². The van der Waals surface area contributed by atoms with E-state index in [-0.39, 0.29) is 0 Å². The first kappa shape index (κ1) is 12.9. The molecule has 0 bridgehead atoms. The zero-order chi connectivity index (χ0) is 13.2. The molecule has 3 nitrogen and oxygen atoms in total. The second-order valence-electron chi connectivity index (χ2n) is 5.67. The third kappa shape index (κ3) is 2.63. The predicted molar refractivity (Wildman–Crippen MR) is 75.6 cm³/mol. The Hall–Kier alpha value is -1.06. The van der Waals surface area contributed by atoms with E-state index in [1.165, 1.54) is 11.1 Å². The molecule has 2 heterocycles. The molecule has 19 heavy (non-hydrogen) atoms. The quantitative estimate of drug-likeness (QED) is 0.888. The van der Waals surface area contributed by atoms with Crippen LogP contribution in [0.1, 0.15) is 43.4 Å². The summed E-state index contributed by atoms with van der Waals surface area (Å²) in [5.74, 6) is 1.09. The van der Waals surface area contributed by atoms with Gasteiger partial charge in [0, 0.05) is 24.3 Å². The van der Waals surface area contributed by atoms with Crippen LogP contribution in [-0.2, 0) is 4.74 Å². The lowest BCUT2D eigenvalue weighted by molar-refractivity contribution is 0.110. The molecule has 0 amide bonds. The number of aryl methyl sites for hydroxylation is 1. The summed E-state index contributed by atoms with van der Waals surface area (Å²) in [6.07, 6.45) is 3.67. The minimum Gasteiger partial charge on any atom is -0.493 e. The van der Waals surface area contributed by atoms with Crippen LogP contribution in [-0.4, -0.2) is 25.4 Å². The van der Waals surface area contributed by atoms with Gasteiger partial charge in [-0.05, 0) is 38.7 Å². The molecule has 3 heteroatoms. The van der Waals surface area contributed by atoms with E-state index in [1.807, 2.05) is 0 Å². The second-order valence-corrected chi connectivity index (χ2v) is 5.67. The van der Waals surface area contributed by atoms with Crippen LogP contribution in [0.4, 0.5) is 0 Å². The predicted octanol–water partition coefficient (Wildman–Crippen LogP) is 2.98. The Labute approximate surface area is 115 Å². The van der Waals surface area contributed by atoms with Crippen LogP contribution in [0.3, 0.4) is 0 Å². The van der Waals surface area contributed by atoms with Gasteiger partial charge in [-0.3, -0.25) is 0 Å². The van der Waals surface area contributed by atoms with Crippen LogP contribution >= 0.6 is 0 Å². The van der Waals surface area contributed by atoms with E-state index < -0.39 is 0 Å². The standard InChI is InChI=1S/C16H23NO2/c1-11-5-3-6-13-15(7-4-9-19-16(11)13)17-14-8-10-18-12(14)2/h3,5-6,12,14-15,17H,4,7-10H2,1-2H3. The van der Waals surface area contributed by atoms with Crippen molar-refractivity contribution < 1.29 is 9.47 Å². The highest BCUT2D eigenvalue weighted by molar-refractivity contribution is 5.43. The fraction of sp³-hybridized carbons (Fsp3) is 0.625. The molecule has 0 aromatic heterocycles. The lowest BCUT2D eigenvalue weighted by atomic mass is 9.98. The van der Waals surface area contributed by atoms with Gasteiger partial charge >= 0.3 is 0 Å². The van der Waals surface area contributed by atoms with E-state index in [9.17, 15) is 0 Å². The molecule has 0 aliphatic carbocycles. The molecular formula is C16H23NO2. The van der Waals surface area contributed by atoms with E-state index in [0.717, 1.165) is 38.2 Å². The number of hydrogen-bond donors (Lipinski definition) is 1. The zero-order valence-electron chi connectivity index (χ0n) is 11.8. The molecule has 1 aromatic carbocycles. The Balaban J connectivity index is 1.84. The van der Waals surface area contributed by atoms with Crippen molar-refractivity contribution in [3.63, 3.8) is 0 Å². The number of nitrogens with one attached hydrogen (secondary N) is 1. The summed E-state index contributed by atoms with van der Waals surface area (Å²) in [7, 11) is 0. The first-order valence-corrected chi connectivity index (χ1v) is 7.35. The molecule has 0 radical (unpaired) electrons. The van der Waals surface area contributed by atoms with E-state index in [0.29, 0.717) is 18.2 Å². The maximum atomic E-state index is 5.93. The van der Waals surface area contributed by atoms with Crippen molar-refractivity contribution in [3.05, 3.63) is 29.3 Å². The molecule has 0 saturated carbocycles. The third-order valence-corrected chi connectivity index (χ3v) is 4.29. The fourth-order valence-corrected chi connectivity index (χ4v) is 3.15. The summed E-state index contributed by atoms with van der Waals surface area (Å²) in [4.78, 5) is 0. The van der Waals surface area contributed by atoms with Crippen molar-refractivity contribution in [2.45, 2.75) is 51.3 Å². The van der Waals surface area contributed by atoms with Crippen molar-refractivity contribution in [2.24, 2.45) is 0 Å². The second kappa shape index (κ2) is 5.51. The number of fused-ring (bicyclic) bond motifs is 1. The van der Waals surface area contributed by atoms with Crippen molar-refractivity contribution in [3.8, 4) is 5.75 Å². The van der Waals surface area contributed by atoms with Crippen molar-refractivity contribution in [1.82, 2.24) is 5.32 Å². The molecular weight excluding hydrogens is 238 g/mol. The maximum absolute atomic E-state index is 5.93. The van der Waals surface area contributed by atoms with E-state index in [4.69, 9.17) is 9.47 Å². The highest BCUT2D eigenvalue weighted by Crippen LogP contribution is 2.35. The van der Waals surface area contributed by atoms with Gasteiger partial charge in [0.05, 0.1) is 12.7 Å². The zero-order valence-corrected chi connectivity index (χ0v) is 11.8. The number of benzene rings is 1. The summed E-state index contributed by atoms with van der Waals surface area (Å²) < 4.78 is 11.6. The lowest BCUT2D eigenvalue weighted by Crippen LogP contribution is -2.37. The normalized spacial score (nSPS) is 30.5. The van der Waals surface area contributed by atoms with Gasteiger partial charge in [-0.15, -0.1) is 0 Å². The molecule has 1 fully saturated rings. The minimum atomic E-state index is 0.317. The molecule has 104 valence electrons. The van der Waals surface area contributed by atoms with Gasteiger partial charge in [-0.1, -0.05) is 18.2 Å². The topological polar surface area (TPSA) is 30.5 Å². The highest BCUT2D eigenvalue weighted by atomic mass is 16.5. The molecule has 2 aliphatic heterocycles. The molecule has 0 spiro atoms. The van der Waals surface area contributed by atoms with Gasteiger partial charge in [0.1, 0.15) is 5.75 Å². The van der Waals surface area contributed by atoms with Gasteiger partial charge in [0.15, 0.2) is 0 Å². The van der Waals surface area contributed by atoms with Crippen LogP contribution < -0.4 is 10.1 Å². The van der Waals surface area contributed by atoms with E-state index >= 15 is 0 Å². The molecule has 1 aromatic rings. The molecule has 2 aliphatic rings. The van der Waals surface area contributed by atoms with Crippen LogP contribution in [0.15, 0.2) is 18.2 Å². The Morgan fingerprint density at radius 2 is 2.11 bits per heavy atom. The first-order valence-electron chi connectivity index (χ1n) is 7.35. The first-order chi connectivity index (χ1) is 9.25. The van der Waals surface area contributed by atoms with Gasteiger partial charge in [0.25, 0.3) is 0 Å². The fourth-order valence-electron chi connectivity index (χ4n) is 3.15. The van der Waals surface area contributed by atoms with Crippen LogP contribution in [0, 0.1) is 6.92 Å². The molecule has 3 rings (SSSR count). The number of ether oxygens (including phenoxy) is 2. The van der Waals surface area contributed by atoms with Gasteiger partial charge in [0.2, 0.25) is 0 Å². The van der Waals surface area contributed by atoms with Crippen molar-refractivity contribution in [2.75, 3.05) is 13.2 Å². The Morgan fingerprint density at radius 3 is 2.89 bits per heavy atom. The average Bonchev–Trinajstić information content (AvgIpc) is 2.69. The summed E-state index contributed by atoms with van der Waals surface area (Å²) >= 11 is 0. The van der Waals surface area contributed by atoms with Gasteiger partial charge < -0.3 is 14.8 Å². The third-order valence-electron chi connectivity index (χ3n) is 4.29. The minimum absolute atomic E-state index is 0.317. The van der Waals surface area contributed by atoms with E-state index in [2.05, 4.69) is 37.4 Å². The highest BCUT2D eigenvalue weighted by Gasteiger charge is 2.29. The van der Waals surface area contributed by atoms with Gasteiger partial charge in [-0.2, -0.15) is 0 Å². The number of para-hydroxylation sites is 1. The molecule has 3 atom stereocenters. The maximum Gasteiger partial charge on any atom is 0.126 e. The number of rotatable bonds is 2. The Kier molecular flexibility index (Phi) is 3.76. The average molecular weight is 261 g/mol. The Morgan fingerprint density at radius 1 is 1.21 bits per heavy atom. The summed E-state index contributed by atoms with van der Waals surface area (Å²) in [6, 6.07) is 7.32. The molecule has 3 unspecified atom stereocenters. The Bertz CT molecular complexity index is 446. The van der Waals surface area contributed by atoms with Gasteiger partial charge in [-0.25, -0.2) is 0 Å². The van der Waals surface area contributed by atoms with E-state index in [1.54, 1.807) is 0 Å². The summed E-state index contributed by atoms with van der Waals surface area (Å²) in [5, 5.41) is 3.79. The summed E-state index contributed by atoms with van der Waals surface area (Å²) in [6.45, 7) is 5.99. The smallest absolute Gasteiger partial charge is 0.126 e. The lowest BCUT2D eigenvalue weighted by Gasteiger charge is -2.25. The summed E-state index contributed by atoms with van der Waals surface area (Å²) in [5.41, 5.74) is 2.55. The number of hydrogen-bond acceptors (Lipinski definition) is 3. The van der Waals surface area contributed by atoms with Crippen molar-refractivity contribution >= 4 is 0 Å². The monoisotopic (exact) mass is 261 g/mol. The SMILES string of the molecule is Cc1cccc2c1OCCCC2NC1CCOC1C. The van der Waals surface area contributed by atoms with Crippen LogP contribution in [0.5, 0.6) is 5.75 Å². The largest absolute Gasteiger partial charge is 0.493 e. The van der Waals surface area contributed by atoms with Crippen molar-refractivity contribution in [1.29, 1.82) is 0 Å².